The summed E-state index contributed by atoms with van der Waals surface area (Å²) >= 11 is 0. The van der Waals surface area contributed by atoms with Crippen LogP contribution in [0.3, 0.4) is 0 Å². The number of fused-ring (bicyclic) bond motifs is 1. The maximum absolute atomic E-state index is 12.6. The minimum atomic E-state index is -0.805. The normalized spacial score (nSPS) is 15.0. The SMILES string of the molecule is COc1c(O)cc(O)c2c(=O)c(O)c(-c3ccc(N4CCN(C)CC4)cc3)oc12. The first-order chi connectivity index (χ1) is 13.9. The van der Waals surface area contributed by atoms with Gasteiger partial charge in [0.1, 0.15) is 11.1 Å². The fourth-order valence-corrected chi connectivity index (χ4v) is 3.58. The van der Waals surface area contributed by atoms with Gasteiger partial charge in [-0.15, -0.1) is 0 Å². The molecule has 1 saturated heterocycles. The molecule has 2 heterocycles. The van der Waals surface area contributed by atoms with Crippen molar-refractivity contribution in [1.29, 1.82) is 0 Å². The molecule has 0 bridgehead atoms. The summed E-state index contributed by atoms with van der Waals surface area (Å²) < 4.78 is 10.8. The number of ether oxygens (including phenoxy) is 1. The van der Waals surface area contributed by atoms with E-state index in [4.69, 9.17) is 9.15 Å². The predicted molar refractivity (Wildman–Crippen MR) is 109 cm³/mol. The minimum absolute atomic E-state index is 0.0595. The van der Waals surface area contributed by atoms with Gasteiger partial charge in [-0.05, 0) is 31.3 Å². The van der Waals surface area contributed by atoms with Crippen LogP contribution in [0.4, 0.5) is 5.69 Å². The number of likely N-dealkylation sites (N-methyl/N-ethyl adjacent to an activating group) is 1. The predicted octanol–water partition coefficient (Wildman–Crippen LogP) is 2.34. The second-order valence-electron chi connectivity index (χ2n) is 7.10. The Morgan fingerprint density at radius 3 is 2.28 bits per heavy atom. The van der Waals surface area contributed by atoms with Gasteiger partial charge < -0.3 is 34.3 Å². The Hall–Kier alpha value is -3.39. The van der Waals surface area contributed by atoms with Crippen molar-refractivity contribution in [2.75, 3.05) is 45.2 Å². The maximum Gasteiger partial charge on any atom is 0.238 e. The maximum atomic E-state index is 12.6. The van der Waals surface area contributed by atoms with E-state index in [0.29, 0.717) is 5.56 Å². The van der Waals surface area contributed by atoms with Gasteiger partial charge in [0.2, 0.25) is 16.9 Å². The van der Waals surface area contributed by atoms with Crippen LogP contribution >= 0.6 is 0 Å². The summed E-state index contributed by atoms with van der Waals surface area (Å²) in [5.74, 6) is -1.64. The molecule has 1 fully saturated rings. The summed E-state index contributed by atoms with van der Waals surface area (Å²) in [6.07, 6.45) is 0. The average Bonchev–Trinajstić information content (AvgIpc) is 2.71. The third-order valence-corrected chi connectivity index (χ3v) is 5.26. The lowest BCUT2D eigenvalue weighted by atomic mass is 10.1. The van der Waals surface area contributed by atoms with Crippen LogP contribution in [0.15, 0.2) is 39.5 Å². The van der Waals surface area contributed by atoms with Crippen molar-refractivity contribution in [3.8, 4) is 34.3 Å². The highest BCUT2D eigenvalue weighted by Gasteiger charge is 2.23. The number of phenols is 2. The monoisotopic (exact) mass is 398 g/mol. The number of piperazine rings is 1. The summed E-state index contributed by atoms with van der Waals surface area (Å²) in [4.78, 5) is 17.2. The van der Waals surface area contributed by atoms with Gasteiger partial charge in [-0.2, -0.15) is 0 Å². The molecule has 3 N–H and O–H groups in total. The molecule has 4 rings (SSSR count). The largest absolute Gasteiger partial charge is 0.507 e. The van der Waals surface area contributed by atoms with E-state index >= 15 is 0 Å². The third-order valence-electron chi connectivity index (χ3n) is 5.26. The minimum Gasteiger partial charge on any atom is -0.507 e. The molecule has 0 amide bonds. The number of nitrogens with zero attached hydrogens (tertiary/aromatic N) is 2. The van der Waals surface area contributed by atoms with E-state index in [1.165, 1.54) is 7.11 Å². The topological polar surface area (TPSA) is 107 Å². The molecule has 8 heteroatoms. The van der Waals surface area contributed by atoms with Crippen LogP contribution in [0.2, 0.25) is 0 Å². The first kappa shape index (κ1) is 18.9. The van der Waals surface area contributed by atoms with Crippen LogP contribution in [0.5, 0.6) is 23.0 Å². The Morgan fingerprint density at radius 2 is 1.66 bits per heavy atom. The third kappa shape index (κ3) is 3.21. The van der Waals surface area contributed by atoms with Crippen molar-refractivity contribution < 1.29 is 24.5 Å². The lowest BCUT2D eigenvalue weighted by molar-refractivity contribution is 0.313. The number of anilines is 1. The van der Waals surface area contributed by atoms with Crippen LogP contribution in [-0.2, 0) is 0 Å². The zero-order valence-electron chi connectivity index (χ0n) is 16.2. The molecule has 0 aliphatic carbocycles. The Balaban J connectivity index is 1.80. The van der Waals surface area contributed by atoms with Crippen LogP contribution in [0.25, 0.3) is 22.3 Å². The van der Waals surface area contributed by atoms with E-state index in [0.717, 1.165) is 37.9 Å². The molecular weight excluding hydrogens is 376 g/mol. The van der Waals surface area contributed by atoms with E-state index in [1.807, 2.05) is 12.1 Å². The molecular formula is C21H22N2O6. The molecule has 2 aromatic carbocycles. The van der Waals surface area contributed by atoms with Gasteiger partial charge in [0.25, 0.3) is 0 Å². The van der Waals surface area contributed by atoms with E-state index in [1.54, 1.807) is 12.1 Å². The number of benzene rings is 2. The highest BCUT2D eigenvalue weighted by atomic mass is 16.5. The lowest BCUT2D eigenvalue weighted by Crippen LogP contribution is -2.44. The quantitative estimate of drug-likeness (QED) is 0.617. The summed E-state index contributed by atoms with van der Waals surface area (Å²) in [7, 11) is 3.40. The Kier molecular flexibility index (Phi) is 4.71. The first-order valence-electron chi connectivity index (χ1n) is 9.23. The summed E-state index contributed by atoms with van der Waals surface area (Å²) in [6.45, 7) is 3.80. The molecule has 0 unspecified atom stereocenters. The standard InChI is InChI=1S/C21H22N2O6/c1-22-7-9-23(10-8-22)13-5-3-12(4-6-13)19-18(27)17(26)16-14(24)11-15(25)20(28-2)21(16)29-19/h3-6,11,24-25,27H,7-10H2,1-2H3. The van der Waals surface area contributed by atoms with Crippen LogP contribution in [0.1, 0.15) is 0 Å². The van der Waals surface area contributed by atoms with Gasteiger partial charge in [-0.3, -0.25) is 4.79 Å². The number of methoxy groups -OCH3 is 1. The van der Waals surface area contributed by atoms with Crippen molar-refractivity contribution in [1.82, 2.24) is 4.90 Å². The van der Waals surface area contributed by atoms with Crippen LogP contribution in [0, 0.1) is 0 Å². The number of aromatic hydroxyl groups is 3. The summed E-state index contributed by atoms with van der Waals surface area (Å²) in [5.41, 5.74) is 0.591. The molecule has 1 aromatic heterocycles. The molecule has 1 aliphatic heterocycles. The van der Waals surface area contributed by atoms with Gasteiger partial charge in [0.15, 0.2) is 17.1 Å². The number of phenolic OH excluding ortho intramolecular Hbond substituents is 2. The first-order valence-corrected chi connectivity index (χ1v) is 9.23. The molecule has 3 aromatic rings. The van der Waals surface area contributed by atoms with E-state index in [-0.39, 0.29) is 28.2 Å². The Labute approximate surface area is 166 Å². The summed E-state index contributed by atoms with van der Waals surface area (Å²) in [6, 6.07) is 8.30. The number of hydrogen-bond acceptors (Lipinski definition) is 8. The Bertz CT molecular complexity index is 1110. The number of rotatable bonds is 3. The molecule has 0 spiro atoms. The van der Waals surface area contributed by atoms with Gasteiger partial charge in [0, 0.05) is 43.5 Å². The highest BCUT2D eigenvalue weighted by Crippen LogP contribution is 2.42. The molecule has 0 radical (unpaired) electrons. The van der Waals surface area contributed by atoms with Crippen LogP contribution < -0.4 is 15.1 Å². The molecule has 8 nitrogen and oxygen atoms in total. The smallest absolute Gasteiger partial charge is 0.238 e. The molecule has 152 valence electrons. The fraction of sp³-hybridized carbons (Fsp3) is 0.286. The van der Waals surface area contributed by atoms with Crippen molar-refractivity contribution in [3.63, 3.8) is 0 Å². The highest BCUT2D eigenvalue weighted by molar-refractivity contribution is 5.93. The van der Waals surface area contributed by atoms with Crippen molar-refractivity contribution in [2.45, 2.75) is 0 Å². The molecule has 29 heavy (non-hydrogen) atoms. The van der Waals surface area contributed by atoms with Gasteiger partial charge in [0.05, 0.1) is 7.11 Å². The second-order valence-corrected chi connectivity index (χ2v) is 7.10. The van der Waals surface area contributed by atoms with Crippen molar-refractivity contribution in [3.05, 3.63) is 40.6 Å². The zero-order chi connectivity index (χ0) is 20.7. The lowest BCUT2D eigenvalue weighted by Gasteiger charge is -2.34. The van der Waals surface area contributed by atoms with E-state index < -0.39 is 16.9 Å². The Morgan fingerprint density at radius 1 is 1.00 bits per heavy atom. The van der Waals surface area contributed by atoms with Gasteiger partial charge >= 0.3 is 0 Å². The van der Waals surface area contributed by atoms with E-state index in [2.05, 4.69) is 16.8 Å². The summed E-state index contributed by atoms with van der Waals surface area (Å²) in [5, 5.41) is 30.2. The molecule has 1 aliphatic rings. The zero-order valence-corrected chi connectivity index (χ0v) is 16.2. The van der Waals surface area contributed by atoms with Gasteiger partial charge in [-0.25, -0.2) is 0 Å². The second kappa shape index (κ2) is 7.21. The molecule has 0 saturated carbocycles. The van der Waals surface area contributed by atoms with E-state index in [9.17, 15) is 20.1 Å². The average molecular weight is 398 g/mol. The van der Waals surface area contributed by atoms with Gasteiger partial charge in [-0.1, -0.05) is 0 Å². The molecule has 0 atom stereocenters. The van der Waals surface area contributed by atoms with Crippen molar-refractivity contribution in [2.24, 2.45) is 0 Å². The van der Waals surface area contributed by atoms with Crippen LogP contribution in [-0.4, -0.2) is 60.6 Å². The fourth-order valence-electron chi connectivity index (χ4n) is 3.58. The number of hydrogen-bond donors (Lipinski definition) is 3. The van der Waals surface area contributed by atoms with Crippen molar-refractivity contribution >= 4 is 16.7 Å².